The van der Waals surface area contributed by atoms with Gasteiger partial charge < -0.3 is 0 Å². The van der Waals surface area contributed by atoms with Gasteiger partial charge in [-0.15, -0.1) is 0 Å². The number of halogens is 3. The summed E-state index contributed by atoms with van der Waals surface area (Å²) >= 11 is 14.7. The Morgan fingerprint density at radius 3 is 2.92 bits per heavy atom. The van der Waals surface area contributed by atoms with Gasteiger partial charge >= 0.3 is 0 Å². The molecule has 1 aromatic heterocycles. The van der Waals surface area contributed by atoms with Gasteiger partial charge in [-0.1, -0.05) is 51.0 Å². The van der Waals surface area contributed by atoms with E-state index >= 15 is 0 Å². The molecule has 0 saturated heterocycles. The van der Waals surface area contributed by atoms with Crippen molar-refractivity contribution in [1.82, 2.24) is 4.98 Å². The van der Waals surface area contributed by atoms with Crippen molar-refractivity contribution >= 4 is 39.1 Å². The second kappa shape index (κ2) is 4.71. The molecule has 1 nitrogen and oxygen atoms in total. The van der Waals surface area contributed by atoms with Gasteiger partial charge in [0.15, 0.2) is 0 Å². The lowest BCUT2D eigenvalue weighted by atomic mass is 10.3. The van der Waals surface area contributed by atoms with Gasteiger partial charge in [0, 0.05) is 11.8 Å². The highest BCUT2D eigenvalue weighted by Gasteiger charge is 2.01. The SMILES string of the molecule is Clc1nccc(C#CCBr)c1Cl. The van der Waals surface area contributed by atoms with Gasteiger partial charge in [0.1, 0.15) is 5.15 Å². The molecule has 0 radical (unpaired) electrons. The van der Waals surface area contributed by atoms with Crippen molar-refractivity contribution < 1.29 is 0 Å². The second-order valence-corrected chi connectivity index (χ2v) is 3.20. The number of hydrogen-bond donors (Lipinski definition) is 0. The summed E-state index contributed by atoms with van der Waals surface area (Å²) in [6, 6.07) is 1.73. The van der Waals surface area contributed by atoms with Crippen LogP contribution in [0.1, 0.15) is 5.56 Å². The van der Waals surface area contributed by atoms with Crippen LogP contribution in [-0.2, 0) is 0 Å². The van der Waals surface area contributed by atoms with Crippen LogP contribution in [0.3, 0.4) is 0 Å². The first kappa shape index (κ1) is 9.85. The third kappa shape index (κ3) is 2.38. The summed E-state index contributed by atoms with van der Waals surface area (Å²) in [7, 11) is 0. The molecule has 0 spiro atoms. The van der Waals surface area contributed by atoms with Crippen LogP contribution in [0.4, 0.5) is 0 Å². The lowest BCUT2D eigenvalue weighted by Crippen LogP contribution is -1.81. The number of hydrogen-bond acceptors (Lipinski definition) is 1. The molecule has 0 bridgehead atoms. The first-order chi connectivity index (χ1) is 5.75. The summed E-state index contributed by atoms with van der Waals surface area (Å²) in [6.07, 6.45) is 1.58. The lowest BCUT2D eigenvalue weighted by Gasteiger charge is -1.95. The molecule has 1 rings (SSSR count). The average molecular weight is 265 g/mol. The van der Waals surface area contributed by atoms with E-state index < -0.39 is 0 Å². The van der Waals surface area contributed by atoms with E-state index in [1.165, 1.54) is 0 Å². The van der Waals surface area contributed by atoms with Crippen molar-refractivity contribution in [3.63, 3.8) is 0 Å². The molecule has 0 atom stereocenters. The first-order valence-electron chi connectivity index (χ1n) is 3.10. The Bertz CT molecular complexity index is 341. The van der Waals surface area contributed by atoms with E-state index in [2.05, 4.69) is 32.8 Å². The highest BCUT2D eigenvalue weighted by Crippen LogP contribution is 2.21. The van der Waals surface area contributed by atoms with E-state index in [0.717, 1.165) is 0 Å². The maximum Gasteiger partial charge on any atom is 0.148 e. The molecule has 1 aromatic rings. The summed E-state index contributed by atoms with van der Waals surface area (Å²) in [5.74, 6) is 5.68. The fraction of sp³-hybridized carbons (Fsp3) is 0.125. The molecular formula is C8H4BrCl2N. The highest BCUT2D eigenvalue weighted by molar-refractivity contribution is 9.09. The Hall–Kier alpha value is -0.230. The van der Waals surface area contributed by atoms with Crippen LogP contribution in [0, 0.1) is 11.8 Å². The Labute approximate surface area is 89.2 Å². The smallest absolute Gasteiger partial charge is 0.148 e. The standard InChI is InChI=1S/C8H4BrCl2N/c9-4-1-2-6-3-5-12-8(11)7(6)10/h3,5H,4H2. The minimum Gasteiger partial charge on any atom is -0.243 e. The third-order valence-electron chi connectivity index (χ3n) is 1.14. The predicted octanol–water partition coefficient (Wildman–Crippen LogP) is 3.13. The second-order valence-electron chi connectivity index (χ2n) is 1.90. The highest BCUT2D eigenvalue weighted by atomic mass is 79.9. The van der Waals surface area contributed by atoms with Crippen molar-refractivity contribution in [3.8, 4) is 11.8 Å². The molecule has 0 aliphatic heterocycles. The van der Waals surface area contributed by atoms with Crippen LogP contribution in [0.2, 0.25) is 10.2 Å². The summed E-state index contributed by atoms with van der Waals surface area (Å²) in [6.45, 7) is 0. The van der Waals surface area contributed by atoms with Crippen LogP contribution in [0.15, 0.2) is 12.3 Å². The minimum atomic E-state index is 0.290. The van der Waals surface area contributed by atoms with Crippen molar-refractivity contribution in [3.05, 3.63) is 28.0 Å². The van der Waals surface area contributed by atoms with E-state index in [9.17, 15) is 0 Å². The molecule has 0 aromatic carbocycles. The third-order valence-corrected chi connectivity index (χ3v) is 2.18. The zero-order chi connectivity index (χ0) is 8.97. The summed E-state index contributed by atoms with van der Waals surface area (Å²) in [5, 5.41) is 1.31. The molecule has 1 heterocycles. The normalized spacial score (nSPS) is 8.92. The number of alkyl halides is 1. The van der Waals surface area contributed by atoms with Gasteiger partial charge in [-0.25, -0.2) is 4.98 Å². The maximum atomic E-state index is 5.82. The van der Waals surface area contributed by atoms with Gasteiger partial charge in [-0.05, 0) is 6.07 Å². The van der Waals surface area contributed by atoms with Crippen LogP contribution in [-0.4, -0.2) is 10.3 Å². The number of rotatable bonds is 0. The molecule has 12 heavy (non-hydrogen) atoms. The van der Waals surface area contributed by atoms with Crippen LogP contribution in [0.25, 0.3) is 0 Å². The minimum absolute atomic E-state index is 0.290. The van der Waals surface area contributed by atoms with Gasteiger partial charge in [0.25, 0.3) is 0 Å². The Morgan fingerprint density at radius 1 is 1.50 bits per heavy atom. The average Bonchev–Trinajstić information content (AvgIpc) is 2.08. The fourth-order valence-electron chi connectivity index (χ4n) is 0.643. The van der Waals surface area contributed by atoms with Crippen LogP contribution >= 0.6 is 39.1 Å². The Morgan fingerprint density at radius 2 is 2.25 bits per heavy atom. The zero-order valence-electron chi connectivity index (χ0n) is 5.94. The van der Waals surface area contributed by atoms with Crippen LogP contribution in [0.5, 0.6) is 0 Å². The molecule has 4 heteroatoms. The summed E-state index contributed by atoms with van der Waals surface area (Å²) in [5.41, 5.74) is 0.705. The molecule has 0 N–H and O–H groups in total. The fourth-order valence-corrected chi connectivity index (χ4v) is 1.10. The topological polar surface area (TPSA) is 12.9 Å². The molecule has 0 amide bonds. The number of aromatic nitrogens is 1. The zero-order valence-corrected chi connectivity index (χ0v) is 9.04. The Kier molecular flexibility index (Phi) is 3.87. The molecule has 0 aliphatic carbocycles. The molecular weight excluding hydrogens is 261 g/mol. The number of pyridine rings is 1. The molecule has 0 aliphatic rings. The van der Waals surface area contributed by atoms with Crippen LogP contribution < -0.4 is 0 Å². The van der Waals surface area contributed by atoms with E-state index in [-0.39, 0.29) is 5.15 Å². The van der Waals surface area contributed by atoms with E-state index in [4.69, 9.17) is 23.2 Å². The maximum absolute atomic E-state index is 5.82. The number of nitrogens with zero attached hydrogens (tertiary/aromatic N) is 1. The lowest BCUT2D eigenvalue weighted by molar-refractivity contribution is 1.32. The first-order valence-corrected chi connectivity index (χ1v) is 4.98. The van der Waals surface area contributed by atoms with E-state index in [1.54, 1.807) is 12.3 Å². The predicted molar refractivity (Wildman–Crippen MR) is 54.9 cm³/mol. The monoisotopic (exact) mass is 263 g/mol. The largest absolute Gasteiger partial charge is 0.243 e. The van der Waals surface area contributed by atoms with Gasteiger partial charge in [0.2, 0.25) is 0 Å². The van der Waals surface area contributed by atoms with Crippen molar-refractivity contribution in [2.75, 3.05) is 5.33 Å². The van der Waals surface area contributed by atoms with Gasteiger partial charge in [-0.3, -0.25) is 0 Å². The van der Waals surface area contributed by atoms with Gasteiger partial charge in [-0.2, -0.15) is 0 Å². The quantitative estimate of drug-likeness (QED) is 0.399. The van der Waals surface area contributed by atoms with E-state index in [0.29, 0.717) is 15.9 Å². The summed E-state index contributed by atoms with van der Waals surface area (Å²) in [4.78, 5) is 3.80. The molecule has 62 valence electrons. The van der Waals surface area contributed by atoms with Crippen molar-refractivity contribution in [1.29, 1.82) is 0 Å². The molecule has 0 saturated carbocycles. The van der Waals surface area contributed by atoms with Gasteiger partial charge in [0.05, 0.1) is 10.4 Å². The molecule has 0 unspecified atom stereocenters. The Balaban J connectivity index is 3.08. The molecule has 0 fully saturated rings. The summed E-state index contributed by atoms with van der Waals surface area (Å²) < 4.78 is 0. The van der Waals surface area contributed by atoms with Crippen molar-refractivity contribution in [2.45, 2.75) is 0 Å². The van der Waals surface area contributed by atoms with Crippen molar-refractivity contribution in [2.24, 2.45) is 0 Å². The van der Waals surface area contributed by atoms with E-state index in [1.807, 2.05) is 0 Å².